The van der Waals surface area contributed by atoms with Gasteiger partial charge in [-0.2, -0.15) is 5.26 Å². The van der Waals surface area contributed by atoms with Gasteiger partial charge in [-0.25, -0.2) is 0 Å². The van der Waals surface area contributed by atoms with E-state index in [1.807, 2.05) is 0 Å². The van der Waals surface area contributed by atoms with E-state index in [0.717, 1.165) is 25.7 Å². The summed E-state index contributed by atoms with van der Waals surface area (Å²) in [7, 11) is 0. The average molecular weight is 208 g/mol. The first-order chi connectivity index (χ1) is 7.29. The minimum absolute atomic E-state index is 0.321. The topological polar surface area (TPSA) is 56.3 Å². The highest BCUT2D eigenvalue weighted by molar-refractivity contribution is 4.92. The summed E-state index contributed by atoms with van der Waals surface area (Å²) in [6.07, 6.45) is 3.87. The van der Waals surface area contributed by atoms with Gasteiger partial charge in [-0.1, -0.05) is 0 Å². The van der Waals surface area contributed by atoms with Crippen molar-refractivity contribution in [3.63, 3.8) is 0 Å². The number of hydrogen-bond acceptors (Lipinski definition) is 4. The summed E-state index contributed by atoms with van der Waals surface area (Å²) in [5.41, 5.74) is 5.68. The zero-order valence-electron chi connectivity index (χ0n) is 9.23. The molecule has 84 valence electrons. The van der Waals surface area contributed by atoms with Gasteiger partial charge in [0.15, 0.2) is 0 Å². The van der Waals surface area contributed by atoms with Crippen LogP contribution in [0.2, 0.25) is 0 Å². The molecule has 0 aromatic carbocycles. The number of nitriles is 1. The standard InChI is InChI=1S/C11H20N4/c12-7-10(13)8-14-4-2-6-15-5-1-3-11(15)9-14/h10-11H,1-6,8-9,13H2. The predicted molar refractivity (Wildman–Crippen MR) is 59.2 cm³/mol. The van der Waals surface area contributed by atoms with E-state index in [-0.39, 0.29) is 6.04 Å². The van der Waals surface area contributed by atoms with Crippen LogP contribution in [0.25, 0.3) is 0 Å². The number of fused-ring (bicyclic) bond motifs is 1. The maximum absolute atomic E-state index is 8.71. The van der Waals surface area contributed by atoms with Gasteiger partial charge in [0.25, 0.3) is 0 Å². The van der Waals surface area contributed by atoms with Crippen LogP contribution < -0.4 is 5.73 Å². The van der Waals surface area contributed by atoms with Crippen molar-refractivity contribution in [1.82, 2.24) is 9.80 Å². The van der Waals surface area contributed by atoms with Crippen LogP contribution in [0.4, 0.5) is 0 Å². The largest absolute Gasteiger partial charge is 0.315 e. The molecule has 2 aliphatic heterocycles. The quantitative estimate of drug-likeness (QED) is 0.694. The van der Waals surface area contributed by atoms with Gasteiger partial charge in [-0.15, -0.1) is 0 Å². The lowest BCUT2D eigenvalue weighted by atomic mass is 10.2. The van der Waals surface area contributed by atoms with Crippen LogP contribution in [0.1, 0.15) is 19.3 Å². The average Bonchev–Trinajstić information content (AvgIpc) is 2.58. The van der Waals surface area contributed by atoms with E-state index in [2.05, 4.69) is 15.9 Å². The van der Waals surface area contributed by atoms with Crippen LogP contribution >= 0.6 is 0 Å². The Balaban J connectivity index is 1.88. The van der Waals surface area contributed by atoms with Gasteiger partial charge in [0.2, 0.25) is 0 Å². The van der Waals surface area contributed by atoms with Crippen LogP contribution in [-0.4, -0.2) is 54.6 Å². The molecule has 2 atom stereocenters. The minimum Gasteiger partial charge on any atom is -0.315 e. The Kier molecular flexibility index (Phi) is 3.57. The molecule has 0 spiro atoms. The normalized spacial score (nSPS) is 30.5. The first kappa shape index (κ1) is 10.9. The maximum Gasteiger partial charge on any atom is 0.106 e. The van der Waals surface area contributed by atoms with Crippen molar-refractivity contribution in [2.75, 3.05) is 32.7 Å². The van der Waals surface area contributed by atoms with Crippen molar-refractivity contribution in [1.29, 1.82) is 5.26 Å². The van der Waals surface area contributed by atoms with Crippen LogP contribution in [0.3, 0.4) is 0 Å². The van der Waals surface area contributed by atoms with E-state index < -0.39 is 0 Å². The third-order valence-corrected chi connectivity index (χ3v) is 3.51. The Morgan fingerprint density at radius 3 is 2.93 bits per heavy atom. The predicted octanol–water partition coefficient (Wildman–Crippen LogP) is 0.00738. The first-order valence-corrected chi connectivity index (χ1v) is 5.91. The second-order valence-corrected chi connectivity index (χ2v) is 4.68. The van der Waals surface area contributed by atoms with E-state index in [9.17, 15) is 0 Å². The van der Waals surface area contributed by atoms with Crippen LogP contribution in [0, 0.1) is 11.3 Å². The van der Waals surface area contributed by atoms with Gasteiger partial charge >= 0.3 is 0 Å². The fraction of sp³-hybridized carbons (Fsp3) is 0.909. The Morgan fingerprint density at radius 1 is 1.33 bits per heavy atom. The van der Waals surface area contributed by atoms with Crippen molar-refractivity contribution >= 4 is 0 Å². The summed E-state index contributed by atoms with van der Waals surface area (Å²) in [4.78, 5) is 4.96. The van der Waals surface area contributed by atoms with E-state index in [4.69, 9.17) is 11.0 Å². The summed E-state index contributed by atoms with van der Waals surface area (Å²) in [6, 6.07) is 2.51. The van der Waals surface area contributed by atoms with E-state index in [1.54, 1.807) is 0 Å². The second kappa shape index (κ2) is 4.93. The molecule has 2 heterocycles. The van der Waals surface area contributed by atoms with Gasteiger partial charge < -0.3 is 5.73 Å². The van der Waals surface area contributed by atoms with Gasteiger partial charge in [0.1, 0.15) is 6.04 Å². The lowest BCUT2D eigenvalue weighted by Crippen LogP contribution is -2.41. The first-order valence-electron chi connectivity index (χ1n) is 5.91. The van der Waals surface area contributed by atoms with Gasteiger partial charge in [-0.3, -0.25) is 9.80 Å². The molecule has 2 N–H and O–H groups in total. The zero-order chi connectivity index (χ0) is 10.7. The molecule has 0 saturated carbocycles. The fourth-order valence-corrected chi connectivity index (χ4v) is 2.77. The summed E-state index contributed by atoms with van der Waals surface area (Å²) >= 11 is 0. The van der Waals surface area contributed by atoms with Crippen LogP contribution in [-0.2, 0) is 0 Å². The Morgan fingerprint density at radius 2 is 2.13 bits per heavy atom. The molecule has 2 rings (SSSR count). The molecule has 2 saturated heterocycles. The van der Waals surface area contributed by atoms with Gasteiger partial charge in [0, 0.05) is 19.1 Å². The van der Waals surface area contributed by atoms with Crippen LogP contribution in [0.5, 0.6) is 0 Å². The van der Waals surface area contributed by atoms with Gasteiger partial charge in [-0.05, 0) is 38.9 Å². The molecule has 2 fully saturated rings. The monoisotopic (exact) mass is 208 g/mol. The Hall–Kier alpha value is -0.630. The smallest absolute Gasteiger partial charge is 0.106 e. The van der Waals surface area contributed by atoms with Crippen LogP contribution in [0.15, 0.2) is 0 Å². The van der Waals surface area contributed by atoms with E-state index in [1.165, 1.54) is 32.4 Å². The van der Waals surface area contributed by atoms with E-state index in [0.29, 0.717) is 0 Å². The summed E-state index contributed by atoms with van der Waals surface area (Å²) in [6.45, 7) is 5.43. The number of rotatable bonds is 2. The van der Waals surface area contributed by atoms with Gasteiger partial charge in [0.05, 0.1) is 6.07 Å². The molecular formula is C11H20N4. The Labute approximate surface area is 91.6 Å². The highest BCUT2D eigenvalue weighted by Crippen LogP contribution is 2.21. The molecule has 0 aromatic rings. The SMILES string of the molecule is N#CC(N)CN1CCCN2CCCC2C1. The van der Waals surface area contributed by atoms with Crippen molar-refractivity contribution < 1.29 is 0 Å². The summed E-state index contributed by atoms with van der Waals surface area (Å²) in [5, 5.41) is 8.71. The minimum atomic E-state index is -0.321. The van der Waals surface area contributed by atoms with E-state index >= 15 is 0 Å². The van der Waals surface area contributed by atoms with Crippen molar-refractivity contribution in [3.8, 4) is 6.07 Å². The molecule has 0 radical (unpaired) electrons. The van der Waals surface area contributed by atoms with Crippen molar-refractivity contribution in [2.45, 2.75) is 31.3 Å². The molecule has 0 aliphatic carbocycles. The Bertz CT molecular complexity index is 247. The zero-order valence-corrected chi connectivity index (χ0v) is 9.23. The third kappa shape index (κ3) is 2.69. The molecule has 0 aromatic heterocycles. The number of nitrogens with zero attached hydrogens (tertiary/aromatic N) is 3. The number of hydrogen-bond donors (Lipinski definition) is 1. The summed E-state index contributed by atoms with van der Waals surface area (Å²) < 4.78 is 0. The molecule has 0 amide bonds. The lowest BCUT2D eigenvalue weighted by molar-refractivity contribution is 0.218. The third-order valence-electron chi connectivity index (χ3n) is 3.51. The highest BCUT2D eigenvalue weighted by atomic mass is 15.3. The molecule has 2 unspecified atom stereocenters. The highest BCUT2D eigenvalue weighted by Gasteiger charge is 2.28. The molecule has 2 aliphatic rings. The second-order valence-electron chi connectivity index (χ2n) is 4.68. The molecule has 0 bridgehead atoms. The summed E-state index contributed by atoms with van der Waals surface area (Å²) in [5.74, 6) is 0. The molecular weight excluding hydrogens is 188 g/mol. The number of nitrogens with two attached hydrogens (primary N) is 1. The lowest BCUT2D eigenvalue weighted by Gasteiger charge is -2.25. The fourth-order valence-electron chi connectivity index (χ4n) is 2.77. The molecule has 4 heteroatoms. The van der Waals surface area contributed by atoms with Crippen molar-refractivity contribution in [3.05, 3.63) is 0 Å². The van der Waals surface area contributed by atoms with Crippen molar-refractivity contribution in [2.24, 2.45) is 5.73 Å². The maximum atomic E-state index is 8.71. The molecule has 4 nitrogen and oxygen atoms in total. The molecule has 15 heavy (non-hydrogen) atoms.